The molecule has 0 aliphatic carbocycles. The van der Waals surface area contributed by atoms with Crippen molar-refractivity contribution in [3.05, 3.63) is 29.8 Å². The van der Waals surface area contributed by atoms with Crippen molar-refractivity contribution in [1.82, 2.24) is 5.32 Å². The Hall–Kier alpha value is -1.92. The largest absolute Gasteiger partial charge is 0.479 e. The van der Waals surface area contributed by atoms with Gasteiger partial charge in [-0.25, -0.2) is 4.79 Å². The van der Waals surface area contributed by atoms with Gasteiger partial charge in [-0.05, 0) is 31.5 Å². The van der Waals surface area contributed by atoms with Crippen LogP contribution in [-0.4, -0.2) is 36.2 Å². The van der Waals surface area contributed by atoms with Crippen LogP contribution in [0.3, 0.4) is 0 Å². The summed E-state index contributed by atoms with van der Waals surface area (Å²) in [5, 5.41) is 14.7. The average Bonchev–Trinajstić information content (AvgIpc) is 2.91. The van der Waals surface area contributed by atoms with Gasteiger partial charge in [0.15, 0.2) is 6.10 Å². The summed E-state index contributed by atoms with van der Waals surface area (Å²) in [5.41, 5.74) is 1.69. The molecule has 1 aliphatic heterocycles. The van der Waals surface area contributed by atoms with Crippen LogP contribution in [0.25, 0.3) is 0 Å². The Balaban J connectivity index is 2.00. The number of ether oxygens (including phenoxy) is 1. The number of carbonyl (C=O) groups excluding carboxylic acids is 1. The molecule has 1 heterocycles. The molecule has 1 aromatic carbocycles. The molecule has 0 radical (unpaired) electrons. The van der Waals surface area contributed by atoms with E-state index >= 15 is 0 Å². The van der Waals surface area contributed by atoms with Crippen molar-refractivity contribution in [3.63, 3.8) is 0 Å². The molecule has 2 rings (SSSR count). The Morgan fingerprint density at radius 1 is 1.30 bits per heavy atom. The Kier molecular flexibility index (Phi) is 4.70. The number of carboxylic acid groups (broad SMARTS) is 1. The van der Waals surface area contributed by atoms with E-state index in [0.29, 0.717) is 25.1 Å². The topological polar surface area (TPSA) is 87.7 Å². The molecular weight excluding hydrogens is 260 g/mol. The van der Waals surface area contributed by atoms with Crippen molar-refractivity contribution >= 4 is 17.6 Å². The summed E-state index contributed by atoms with van der Waals surface area (Å²) in [7, 11) is 1.83. The zero-order valence-corrected chi connectivity index (χ0v) is 11.3. The van der Waals surface area contributed by atoms with Crippen LogP contribution in [0.5, 0.6) is 0 Å². The number of carbonyl (C=O) groups is 2. The maximum absolute atomic E-state index is 12.1. The maximum Gasteiger partial charge on any atom is 0.332 e. The van der Waals surface area contributed by atoms with Crippen LogP contribution in [0, 0.1) is 0 Å². The second-order valence-corrected chi connectivity index (χ2v) is 4.71. The van der Waals surface area contributed by atoms with Gasteiger partial charge in [0, 0.05) is 12.2 Å². The smallest absolute Gasteiger partial charge is 0.332 e. The second kappa shape index (κ2) is 6.49. The SMILES string of the molecule is CNCc1ccccc1NC(=O)[C@@H]1CC[C@H](C(=O)O)O1. The Labute approximate surface area is 117 Å². The summed E-state index contributed by atoms with van der Waals surface area (Å²) < 4.78 is 5.23. The van der Waals surface area contributed by atoms with E-state index in [-0.39, 0.29) is 5.91 Å². The van der Waals surface area contributed by atoms with Crippen molar-refractivity contribution in [2.75, 3.05) is 12.4 Å². The fourth-order valence-corrected chi connectivity index (χ4v) is 2.21. The maximum atomic E-state index is 12.1. The highest BCUT2D eigenvalue weighted by Crippen LogP contribution is 2.22. The number of amides is 1. The number of para-hydroxylation sites is 1. The number of nitrogens with one attached hydrogen (secondary N) is 2. The number of anilines is 1. The van der Waals surface area contributed by atoms with Crippen LogP contribution < -0.4 is 10.6 Å². The zero-order chi connectivity index (χ0) is 14.5. The van der Waals surface area contributed by atoms with Gasteiger partial charge in [-0.3, -0.25) is 4.79 Å². The van der Waals surface area contributed by atoms with Gasteiger partial charge in [0.25, 0.3) is 5.91 Å². The van der Waals surface area contributed by atoms with Crippen LogP contribution in [0.2, 0.25) is 0 Å². The molecule has 0 unspecified atom stereocenters. The van der Waals surface area contributed by atoms with Gasteiger partial charge in [0.05, 0.1) is 0 Å². The minimum absolute atomic E-state index is 0.294. The van der Waals surface area contributed by atoms with Crippen LogP contribution in [0.1, 0.15) is 18.4 Å². The van der Waals surface area contributed by atoms with Gasteiger partial charge in [0.1, 0.15) is 6.10 Å². The fraction of sp³-hybridized carbons (Fsp3) is 0.429. The summed E-state index contributed by atoms with van der Waals surface area (Å²) in [6.07, 6.45) is -0.778. The third-order valence-electron chi connectivity index (χ3n) is 3.23. The van der Waals surface area contributed by atoms with Crippen LogP contribution >= 0.6 is 0 Å². The number of carboxylic acids is 1. The van der Waals surface area contributed by atoms with Gasteiger partial charge in [-0.1, -0.05) is 18.2 Å². The standard InChI is InChI=1S/C14H18N2O4/c1-15-8-9-4-2-3-5-10(9)16-13(17)11-6-7-12(20-11)14(18)19/h2-5,11-12,15H,6-8H2,1H3,(H,16,17)(H,18,19)/t11-,12+/m0/s1. The lowest BCUT2D eigenvalue weighted by Gasteiger charge is -2.14. The highest BCUT2D eigenvalue weighted by Gasteiger charge is 2.34. The predicted octanol–water partition coefficient (Wildman–Crippen LogP) is 0.977. The van der Waals surface area contributed by atoms with Crippen molar-refractivity contribution in [1.29, 1.82) is 0 Å². The van der Waals surface area contributed by atoms with E-state index < -0.39 is 18.2 Å². The molecule has 3 N–H and O–H groups in total. The molecule has 6 heteroatoms. The normalized spacial score (nSPS) is 21.6. The Bertz CT molecular complexity index is 504. The van der Waals surface area contributed by atoms with E-state index in [2.05, 4.69) is 10.6 Å². The molecule has 1 fully saturated rings. The molecular formula is C14H18N2O4. The number of hydrogen-bond donors (Lipinski definition) is 3. The molecule has 0 aromatic heterocycles. The lowest BCUT2D eigenvalue weighted by atomic mass is 10.1. The molecule has 6 nitrogen and oxygen atoms in total. The lowest BCUT2D eigenvalue weighted by Crippen LogP contribution is -2.30. The molecule has 2 atom stereocenters. The fourth-order valence-electron chi connectivity index (χ4n) is 2.21. The van der Waals surface area contributed by atoms with Crippen LogP contribution in [-0.2, 0) is 20.9 Å². The van der Waals surface area contributed by atoms with Gasteiger partial charge < -0.3 is 20.5 Å². The number of benzene rings is 1. The predicted molar refractivity (Wildman–Crippen MR) is 73.4 cm³/mol. The third kappa shape index (κ3) is 3.34. The van der Waals surface area contributed by atoms with E-state index in [9.17, 15) is 9.59 Å². The Morgan fingerprint density at radius 2 is 2.00 bits per heavy atom. The summed E-state index contributed by atoms with van der Waals surface area (Å²) >= 11 is 0. The van der Waals surface area contributed by atoms with Gasteiger partial charge in [0.2, 0.25) is 0 Å². The van der Waals surface area contributed by atoms with Crippen LogP contribution in [0.4, 0.5) is 5.69 Å². The monoisotopic (exact) mass is 278 g/mol. The van der Waals surface area contributed by atoms with Gasteiger partial charge in [-0.15, -0.1) is 0 Å². The summed E-state index contributed by atoms with van der Waals surface area (Å²) in [6, 6.07) is 7.47. The van der Waals surface area contributed by atoms with Gasteiger partial charge in [-0.2, -0.15) is 0 Å². The first-order valence-electron chi connectivity index (χ1n) is 6.53. The summed E-state index contributed by atoms with van der Waals surface area (Å²) in [5.74, 6) is -1.31. The first-order chi connectivity index (χ1) is 9.61. The van der Waals surface area contributed by atoms with Gasteiger partial charge >= 0.3 is 5.97 Å². The van der Waals surface area contributed by atoms with E-state index in [4.69, 9.17) is 9.84 Å². The van der Waals surface area contributed by atoms with E-state index in [1.807, 2.05) is 31.3 Å². The summed E-state index contributed by atoms with van der Waals surface area (Å²) in [6.45, 7) is 0.639. The summed E-state index contributed by atoms with van der Waals surface area (Å²) in [4.78, 5) is 22.9. The van der Waals surface area contributed by atoms with Crippen molar-refractivity contribution in [3.8, 4) is 0 Å². The zero-order valence-electron chi connectivity index (χ0n) is 11.3. The number of rotatable bonds is 5. The van der Waals surface area contributed by atoms with E-state index in [1.165, 1.54) is 0 Å². The molecule has 1 aromatic rings. The quantitative estimate of drug-likeness (QED) is 0.747. The minimum atomic E-state index is -1.02. The highest BCUT2D eigenvalue weighted by atomic mass is 16.5. The molecule has 1 saturated heterocycles. The minimum Gasteiger partial charge on any atom is -0.479 e. The number of hydrogen-bond acceptors (Lipinski definition) is 4. The van der Waals surface area contributed by atoms with Crippen molar-refractivity contribution in [2.24, 2.45) is 0 Å². The molecule has 1 aliphatic rings. The lowest BCUT2D eigenvalue weighted by molar-refractivity contribution is -0.150. The highest BCUT2D eigenvalue weighted by molar-refractivity contribution is 5.95. The average molecular weight is 278 g/mol. The van der Waals surface area contributed by atoms with Crippen LogP contribution in [0.15, 0.2) is 24.3 Å². The number of aliphatic carboxylic acids is 1. The second-order valence-electron chi connectivity index (χ2n) is 4.71. The van der Waals surface area contributed by atoms with E-state index in [1.54, 1.807) is 0 Å². The molecule has 1 amide bonds. The van der Waals surface area contributed by atoms with E-state index in [0.717, 1.165) is 5.56 Å². The molecule has 108 valence electrons. The van der Waals surface area contributed by atoms with Crippen molar-refractivity contribution in [2.45, 2.75) is 31.6 Å². The molecule has 0 saturated carbocycles. The molecule has 0 spiro atoms. The third-order valence-corrected chi connectivity index (χ3v) is 3.23. The molecule has 20 heavy (non-hydrogen) atoms. The Morgan fingerprint density at radius 3 is 2.65 bits per heavy atom. The molecule has 0 bridgehead atoms. The van der Waals surface area contributed by atoms with Crippen molar-refractivity contribution < 1.29 is 19.4 Å². The first-order valence-corrected chi connectivity index (χ1v) is 6.53. The first kappa shape index (κ1) is 14.5.